The third-order valence-corrected chi connectivity index (χ3v) is 1.84. The lowest BCUT2D eigenvalue weighted by molar-refractivity contribution is 0.899. The molecule has 0 atom stereocenters. The molecule has 1 N–H and O–H groups in total. The van der Waals surface area contributed by atoms with Crippen LogP contribution in [0.15, 0.2) is 24.3 Å². The Morgan fingerprint density at radius 1 is 1.08 bits per heavy atom. The first-order chi connectivity index (χ1) is 6.09. The van der Waals surface area contributed by atoms with Crippen LogP contribution >= 0.6 is 0 Å². The number of benzene rings is 1. The summed E-state index contributed by atoms with van der Waals surface area (Å²) in [5.74, 6) is 0. The van der Waals surface area contributed by atoms with Gasteiger partial charge in [-0.05, 0) is 38.1 Å². The van der Waals surface area contributed by atoms with Crippen LogP contribution in [0.1, 0.15) is 13.8 Å². The fraction of sp³-hybridized carbons (Fsp3) is 0.455. The fourth-order valence-corrected chi connectivity index (χ4v) is 1.19. The Kier molecular flexibility index (Phi) is 3.18. The molecule has 0 amide bonds. The molecule has 2 nitrogen and oxygen atoms in total. The van der Waals surface area contributed by atoms with Gasteiger partial charge >= 0.3 is 0 Å². The van der Waals surface area contributed by atoms with Gasteiger partial charge in [0.2, 0.25) is 0 Å². The second kappa shape index (κ2) is 4.17. The SMILES string of the molecule is CC(C)Nc1ccc(N(C)C)cc1. The van der Waals surface area contributed by atoms with Crippen molar-refractivity contribution in [3.63, 3.8) is 0 Å². The van der Waals surface area contributed by atoms with E-state index in [2.05, 4.69) is 48.3 Å². The van der Waals surface area contributed by atoms with E-state index in [0.29, 0.717) is 6.04 Å². The highest BCUT2D eigenvalue weighted by Crippen LogP contribution is 2.15. The number of rotatable bonds is 3. The summed E-state index contributed by atoms with van der Waals surface area (Å²) in [6.45, 7) is 4.28. The zero-order valence-electron chi connectivity index (χ0n) is 8.83. The average molecular weight is 178 g/mol. The minimum absolute atomic E-state index is 0.491. The molecule has 1 aromatic carbocycles. The zero-order valence-corrected chi connectivity index (χ0v) is 8.83. The molecule has 0 aliphatic carbocycles. The Hall–Kier alpha value is -1.18. The van der Waals surface area contributed by atoms with Crippen molar-refractivity contribution in [2.45, 2.75) is 19.9 Å². The molecule has 1 rings (SSSR count). The molecular weight excluding hydrogens is 160 g/mol. The third kappa shape index (κ3) is 2.98. The molecule has 0 unspecified atom stereocenters. The van der Waals surface area contributed by atoms with Crippen molar-refractivity contribution >= 4 is 11.4 Å². The Labute approximate surface area is 80.6 Å². The molecule has 0 fully saturated rings. The normalized spacial score (nSPS) is 10.2. The van der Waals surface area contributed by atoms with Crippen LogP contribution in [-0.2, 0) is 0 Å². The van der Waals surface area contributed by atoms with E-state index in [9.17, 15) is 0 Å². The first-order valence-corrected chi connectivity index (χ1v) is 4.63. The molecule has 0 aliphatic rings. The van der Waals surface area contributed by atoms with Crippen LogP contribution in [0.3, 0.4) is 0 Å². The van der Waals surface area contributed by atoms with Crippen molar-refractivity contribution in [2.75, 3.05) is 24.3 Å². The molecule has 1 aromatic rings. The van der Waals surface area contributed by atoms with Crippen molar-refractivity contribution in [3.8, 4) is 0 Å². The van der Waals surface area contributed by atoms with E-state index in [0.717, 1.165) is 0 Å². The standard InChI is InChI=1S/C11H18N2/c1-9(2)12-10-5-7-11(8-6-10)13(3)4/h5-9,12H,1-4H3. The molecule has 2 heteroatoms. The van der Waals surface area contributed by atoms with E-state index < -0.39 is 0 Å². The fourth-order valence-electron chi connectivity index (χ4n) is 1.19. The van der Waals surface area contributed by atoms with Crippen molar-refractivity contribution < 1.29 is 0 Å². The van der Waals surface area contributed by atoms with Crippen LogP contribution in [0.5, 0.6) is 0 Å². The molecule has 0 bridgehead atoms. The van der Waals surface area contributed by atoms with Gasteiger partial charge in [-0.15, -0.1) is 0 Å². The topological polar surface area (TPSA) is 15.3 Å². The van der Waals surface area contributed by atoms with Crippen molar-refractivity contribution in [1.29, 1.82) is 0 Å². The zero-order chi connectivity index (χ0) is 9.84. The van der Waals surface area contributed by atoms with Crippen LogP contribution in [0.4, 0.5) is 11.4 Å². The maximum atomic E-state index is 3.35. The summed E-state index contributed by atoms with van der Waals surface area (Å²) < 4.78 is 0. The summed E-state index contributed by atoms with van der Waals surface area (Å²) >= 11 is 0. The highest BCUT2D eigenvalue weighted by molar-refractivity contribution is 5.54. The summed E-state index contributed by atoms with van der Waals surface area (Å²) in [5, 5.41) is 3.35. The van der Waals surface area contributed by atoms with Gasteiger partial charge in [0.1, 0.15) is 0 Å². The van der Waals surface area contributed by atoms with Gasteiger partial charge in [-0.3, -0.25) is 0 Å². The van der Waals surface area contributed by atoms with E-state index in [1.54, 1.807) is 0 Å². The van der Waals surface area contributed by atoms with E-state index in [1.807, 2.05) is 14.1 Å². The lowest BCUT2D eigenvalue weighted by atomic mass is 10.2. The molecule has 0 radical (unpaired) electrons. The number of hydrogen-bond donors (Lipinski definition) is 1. The number of nitrogens with zero attached hydrogens (tertiary/aromatic N) is 1. The minimum Gasteiger partial charge on any atom is -0.383 e. The van der Waals surface area contributed by atoms with Gasteiger partial charge in [-0.2, -0.15) is 0 Å². The largest absolute Gasteiger partial charge is 0.383 e. The van der Waals surface area contributed by atoms with Crippen LogP contribution in [0.25, 0.3) is 0 Å². The molecule has 0 saturated carbocycles. The van der Waals surface area contributed by atoms with E-state index in [-0.39, 0.29) is 0 Å². The van der Waals surface area contributed by atoms with Gasteiger partial charge in [-0.1, -0.05) is 0 Å². The predicted molar refractivity (Wildman–Crippen MR) is 59.5 cm³/mol. The highest BCUT2D eigenvalue weighted by atomic mass is 15.1. The quantitative estimate of drug-likeness (QED) is 0.765. The Morgan fingerprint density at radius 2 is 1.62 bits per heavy atom. The molecule has 13 heavy (non-hydrogen) atoms. The van der Waals surface area contributed by atoms with E-state index in [4.69, 9.17) is 0 Å². The maximum Gasteiger partial charge on any atom is 0.0362 e. The average Bonchev–Trinajstić information content (AvgIpc) is 2.04. The summed E-state index contributed by atoms with van der Waals surface area (Å²) in [7, 11) is 4.09. The Bertz CT molecular complexity index is 249. The van der Waals surface area contributed by atoms with Gasteiger partial charge in [0.05, 0.1) is 0 Å². The first kappa shape index (κ1) is 9.90. The number of hydrogen-bond acceptors (Lipinski definition) is 2. The molecule has 72 valence electrons. The molecular formula is C11H18N2. The molecule has 0 spiro atoms. The van der Waals surface area contributed by atoms with Gasteiger partial charge < -0.3 is 10.2 Å². The van der Waals surface area contributed by atoms with Crippen LogP contribution < -0.4 is 10.2 Å². The molecule has 0 heterocycles. The van der Waals surface area contributed by atoms with Gasteiger partial charge in [-0.25, -0.2) is 0 Å². The van der Waals surface area contributed by atoms with Gasteiger partial charge in [0.15, 0.2) is 0 Å². The second-order valence-corrected chi connectivity index (χ2v) is 3.74. The Balaban J connectivity index is 2.70. The summed E-state index contributed by atoms with van der Waals surface area (Å²) in [6.07, 6.45) is 0. The summed E-state index contributed by atoms with van der Waals surface area (Å²) in [6, 6.07) is 8.94. The molecule has 0 aliphatic heterocycles. The first-order valence-electron chi connectivity index (χ1n) is 4.63. The van der Waals surface area contributed by atoms with Gasteiger partial charge in [0.25, 0.3) is 0 Å². The summed E-state index contributed by atoms with van der Waals surface area (Å²) in [4.78, 5) is 2.10. The van der Waals surface area contributed by atoms with Crippen molar-refractivity contribution in [2.24, 2.45) is 0 Å². The predicted octanol–water partition coefficient (Wildman–Crippen LogP) is 2.57. The summed E-state index contributed by atoms with van der Waals surface area (Å²) in [5.41, 5.74) is 2.41. The van der Waals surface area contributed by atoms with Crippen LogP contribution in [0, 0.1) is 0 Å². The van der Waals surface area contributed by atoms with E-state index in [1.165, 1.54) is 11.4 Å². The monoisotopic (exact) mass is 178 g/mol. The minimum atomic E-state index is 0.491. The van der Waals surface area contributed by atoms with Crippen LogP contribution in [0.2, 0.25) is 0 Å². The molecule has 0 saturated heterocycles. The number of anilines is 2. The maximum absolute atomic E-state index is 3.35. The second-order valence-electron chi connectivity index (χ2n) is 3.74. The van der Waals surface area contributed by atoms with Crippen molar-refractivity contribution in [3.05, 3.63) is 24.3 Å². The number of nitrogens with one attached hydrogen (secondary N) is 1. The van der Waals surface area contributed by atoms with Crippen molar-refractivity contribution in [1.82, 2.24) is 0 Å². The van der Waals surface area contributed by atoms with Gasteiger partial charge in [0, 0.05) is 31.5 Å². The smallest absolute Gasteiger partial charge is 0.0362 e. The molecule has 0 aromatic heterocycles. The lowest BCUT2D eigenvalue weighted by Crippen LogP contribution is -2.11. The third-order valence-electron chi connectivity index (χ3n) is 1.84. The Morgan fingerprint density at radius 3 is 2.00 bits per heavy atom. The van der Waals surface area contributed by atoms with E-state index >= 15 is 0 Å². The highest BCUT2D eigenvalue weighted by Gasteiger charge is 1.96. The lowest BCUT2D eigenvalue weighted by Gasteiger charge is -2.14. The van der Waals surface area contributed by atoms with Crippen LogP contribution in [-0.4, -0.2) is 20.1 Å².